The van der Waals surface area contributed by atoms with Crippen molar-refractivity contribution in [3.05, 3.63) is 53.1 Å². The minimum Gasteiger partial charge on any atom is -0.508 e. The van der Waals surface area contributed by atoms with E-state index < -0.39 is 58.8 Å². The van der Waals surface area contributed by atoms with Crippen LogP contribution in [0.2, 0.25) is 0 Å². The standard InChI is InChI=1S/C41H55NO12/c1-2-3-4-5-6-7-8-9-10-11-12-13-14-15-16-17-18-42-41(51)54-39-33(47)21-27(22-34(39)48)40(50)53-36-25-29-30(44)23-28(43)24-35(29)52-38(36)26-19-31(45)37(49)32(46)20-26/h19-24,36,38,43-49H,2-18,25H2,1H3,(H,42,51)/t36-,38-/m1/s1. The molecule has 13 heteroatoms. The van der Waals surface area contributed by atoms with E-state index in [0.29, 0.717) is 6.54 Å². The summed E-state index contributed by atoms with van der Waals surface area (Å²) in [5.74, 6) is -5.75. The number of hydrogen-bond acceptors (Lipinski definition) is 12. The summed E-state index contributed by atoms with van der Waals surface area (Å²) < 4.78 is 16.7. The minimum absolute atomic E-state index is 0.0433. The number of ether oxygens (including phenoxy) is 3. The third kappa shape index (κ3) is 12.2. The van der Waals surface area contributed by atoms with E-state index in [2.05, 4.69) is 12.2 Å². The van der Waals surface area contributed by atoms with Gasteiger partial charge in [0, 0.05) is 36.2 Å². The van der Waals surface area contributed by atoms with Crippen LogP contribution >= 0.6 is 0 Å². The van der Waals surface area contributed by atoms with E-state index >= 15 is 0 Å². The fourth-order valence-electron chi connectivity index (χ4n) is 6.64. The average molecular weight is 754 g/mol. The van der Waals surface area contributed by atoms with Gasteiger partial charge in [0.25, 0.3) is 0 Å². The van der Waals surface area contributed by atoms with Crippen molar-refractivity contribution in [3.63, 3.8) is 0 Å². The molecule has 0 saturated heterocycles. The molecule has 3 aromatic carbocycles. The molecule has 0 unspecified atom stereocenters. The zero-order valence-electron chi connectivity index (χ0n) is 31.0. The smallest absolute Gasteiger partial charge is 0.412 e. The Kier molecular flexibility index (Phi) is 16.1. The molecule has 1 heterocycles. The SMILES string of the molecule is CCCCCCCCCCCCCCCCCCNC(=O)Oc1c(O)cc(C(=O)O[C@@H]2Cc3c(O)cc(O)cc3O[C@@H]2c2cc(O)c(O)c(O)c2)cc1O. The minimum atomic E-state index is -1.22. The fourth-order valence-corrected chi connectivity index (χ4v) is 6.64. The van der Waals surface area contributed by atoms with Crippen molar-refractivity contribution in [1.29, 1.82) is 0 Å². The molecular formula is C41H55NO12. The monoisotopic (exact) mass is 753 g/mol. The maximum atomic E-state index is 13.3. The molecule has 4 rings (SSSR count). The third-order valence-corrected chi connectivity index (χ3v) is 9.63. The van der Waals surface area contributed by atoms with Gasteiger partial charge in [-0.05, 0) is 30.7 Å². The predicted molar refractivity (Wildman–Crippen MR) is 201 cm³/mol. The number of benzene rings is 3. The third-order valence-electron chi connectivity index (χ3n) is 9.63. The first-order valence-electron chi connectivity index (χ1n) is 19.2. The molecule has 1 amide bonds. The summed E-state index contributed by atoms with van der Waals surface area (Å²) in [6.45, 7) is 2.60. The maximum Gasteiger partial charge on any atom is 0.412 e. The summed E-state index contributed by atoms with van der Waals surface area (Å²) in [7, 11) is 0. The van der Waals surface area contributed by atoms with Gasteiger partial charge in [0.1, 0.15) is 23.4 Å². The number of phenolic OH excluding ortho intramolecular Hbond substituents is 7. The number of phenols is 7. The largest absolute Gasteiger partial charge is 0.508 e. The Morgan fingerprint density at radius 3 is 1.72 bits per heavy atom. The fraction of sp³-hybridized carbons (Fsp3) is 0.512. The first kappa shape index (κ1) is 41.6. The molecule has 0 saturated carbocycles. The van der Waals surface area contributed by atoms with E-state index in [-0.39, 0.29) is 40.4 Å². The zero-order chi connectivity index (χ0) is 39.0. The average Bonchev–Trinajstić information content (AvgIpc) is 3.13. The lowest BCUT2D eigenvalue weighted by atomic mass is 9.93. The zero-order valence-corrected chi connectivity index (χ0v) is 31.0. The molecule has 13 nitrogen and oxygen atoms in total. The van der Waals surface area contributed by atoms with Crippen molar-refractivity contribution in [2.45, 2.75) is 128 Å². The van der Waals surface area contributed by atoms with Gasteiger partial charge in [-0.15, -0.1) is 0 Å². The lowest BCUT2D eigenvalue weighted by molar-refractivity contribution is -0.0189. The van der Waals surface area contributed by atoms with Crippen LogP contribution in [0.1, 0.15) is 137 Å². The molecule has 2 atom stereocenters. The number of unbranched alkanes of at least 4 members (excludes halogenated alkanes) is 15. The van der Waals surface area contributed by atoms with Gasteiger partial charge in [-0.2, -0.15) is 0 Å². The second-order valence-electron chi connectivity index (χ2n) is 14.0. The normalized spacial score (nSPS) is 14.9. The molecular weight excluding hydrogens is 698 g/mol. The van der Waals surface area contributed by atoms with E-state index in [1.807, 2.05) is 0 Å². The van der Waals surface area contributed by atoms with Crippen LogP contribution in [0.15, 0.2) is 36.4 Å². The van der Waals surface area contributed by atoms with Gasteiger partial charge in [0.05, 0.1) is 5.56 Å². The van der Waals surface area contributed by atoms with Crippen LogP contribution < -0.4 is 14.8 Å². The number of fused-ring (bicyclic) bond motifs is 1. The van der Waals surface area contributed by atoms with Gasteiger partial charge in [0.2, 0.25) is 5.75 Å². The highest BCUT2D eigenvalue weighted by Crippen LogP contribution is 2.46. The first-order chi connectivity index (χ1) is 26.0. The molecule has 0 aromatic heterocycles. The van der Waals surface area contributed by atoms with Crippen molar-refractivity contribution >= 4 is 12.1 Å². The van der Waals surface area contributed by atoms with Crippen molar-refractivity contribution in [3.8, 4) is 51.7 Å². The molecule has 1 aliphatic rings. The topological polar surface area (TPSA) is 215 Å². The van der Waals surface area contributed by atoms with E-state index in [0.717, 1.165) is 56.0 Å². The Labute approximate surface area is 316 Å². The Balaban J connectivity index is 1.21. The van der Waals surface area contributed by atoms with Gasteiger partial charge in [0.15, 0.2) is 34.9 Å². The van der Waals surface area contributed by atoms with Gasteiger partial charge in [-0.25, -0.2) is 9.59 Å². The van der Waals surface area contributed by atoms with E-state index in [9.17, 15) is 45.3 Å². The van der Waals surface area contributed by atoms with Crippen LogP contribution in [0.25, 0.3) is 0 Å². The Morgan fingerprint density at radius 2 is 1.19 bits per heavy atom. The number of esters is 1. The number of amides is 1. The predicted octanol–water partition coefficient (Wildman–Crippen LogP) is 8.88. The molecule has 0 bridgehead atoms. The summed E-state index contributed by atoms with van der Waals surface area (Å²) in [6, 6.07) is 6.37. The quantitative estimate of drug-likeness (QED) is 0.0291. The molecule has 54 heavy (non-hydrogen) atoms. The lowest BCUT2D eigenvalue weighted by Crippen LogP contribution is -2.34. The summed E-state index contributed by atoms with van der Waals surface area (Å²) in [6.07, 6.45) is 16.3. The highest BCUT2D eigenvalue weighted by atomic mass is 16.6. The van der Waals surface area contributed by atoms with Crippen molar-refractivity contribution in [1.82, 2.24) is 5.32 Å². The summed E-state index contributed by atoms with van der Waals surface area (Å²) in [5, 5.41) is 74.2. The van der Waals surface area contributed by atoms with Crippen LogP contribution in [0.4, 0.5) is 4.79 Å². The van der Waals surface area contributed by atoms with E-state index in [1.54, 1.807) is 0 Å². The van der Waals surface area contributed by atoms with Gasteiger partial charge in [-0.3, -0.25) is 0 Å². The van der Waals surface area contributed by atoms with E-state index in [4.69, 9.17) is 14.2 Å². The maximum absolute atomic E-state index is 13.3. The van der Waals surface area contributed by atoms with Crippen LogP contribution in [0.3, 0.4) is 0 Å². The van der Waals surface area contributed by atoms with Gasteiger partial charge >= 0.3 is 12.1 Å². The number of carbonyl (C=O) groups excluding carboxylic acids is 2. The molecule has 296 valence electrons. The van der Waals surface area contributed by atoms with E-state index in [1.165, 1.54) is 83.1 Å². The molecule has 3 aromatic rings. The molecule has 8 N–H and O–H groups in total. The number of rotatable bonds is 21. The number of carbonyl (C=O) groups is 2. The summed E-state index contributed by atoms with van der Waals surface area (Å²) in [4.78, 5) is 25.7. The van der Waals surface area contributed by atoms with Gasteiger partial charge < -0.3 is 55.3 Å². The highest BCUT2D eigenvalue weighted by Gasteiger charge is 2.37. The Bertz CT molecular complexity index is 1650. The number of hydrogen-bond donors (Lipinski definition) is 8. The lowest BCUT2D eigenvalue weighted by Gasteiger charge is -2.34. The molecule has 1 aliphatic heterocycles. The van der Waals surface area contributed by atoms with Crippen LogP contribution in [-0.4, -0.2) is 60.5 Å². The summed E-state index contributed by atoms with van der Waals surface area (Å²) in [5.41, 5.74) is -0.0509. The molecule has 0 spiro atoms. The first-order valence-corrected chi connectivity index (χ1v) is 19.2. The van der Waals surface area contributed by atoms with Crippen molar-refractivity contribution < 1.29 is 59.5 Å². The van der Waals surface area contributed by atoms with Crippen molar-refractivity contribution in [2.24, 2.45) is 0 Å². The second-order valence-corrected chi connectivity index (χ2v) is 14.0. The van der Waals surface area contributed by atoms with Crippen LogP contribution in [0, 0.1) is 0 Å². The molecule has 0 radical (unpaired) electrons. The number of aromatic hydroxyl groups is 7. The highest BCUT2D eigenvalue weighted by molar-refractivity contribution is 5.91. The van der Waals surface area contributed by atoms with Gasteiger partial charge in [-0.1, -0.05) is 103 Å². The van der Waals surface area contributed by atoms with Crippen molar-refractivity contribution in [2.75, 3.05) is 6.54 Å². The van der Waals surface area contributed by atoms with Crippen LogP contribution in [-0.2, 0) is 11.2 Å². The summed E-state index contributed by atoms with van der Waals surface area (Å²) >= 11 is 0. The van der Waals surface area contributed by atoms with Crippen LogP contribution in [0.5, 0.6) is 51.7 Å². The Morgan fingerprint density at radius 1 is 0.667 bits per heavy atom. The Hall–Kier alpha value is -5.20. The second kappa shape index (κ2) is 20.9. The molecule has 0 aliphatic carbocycles. The molecule has 0 fully saturated rings. The number of nitrogens with one attached hydrogen (secondary N) is 1.